The molecule has 0 saturated carbocycles. The minimum atomic E-state index is -3.11. The van der Waals surface area contributed by atoms with Gasteiger partial charge in [0, 0.05) is 0 Å². The normalized spacial score (nSPS) is 7.00. The zero-order chi connectivity index (χ0) is 7.15. The molecule has 0 aromatic carbocycles. The molecule has 6 nitrogen and oxygen atoms in total. The fourth-order valence-corrected chi connectivity index (χ4v) is 0. The molecular formula is AuLiO6S2. The van der Waals surface area contributed by atoms with Crippen molar-refractivity contribution < 1.29 is 67.9 Å². The van der Waals surface area contributed by atoms with E-state index in [9.17, 15) is 0 Å². The van der Waals surface area contributed by atoms with Crippen LogP contribution in [-0.4, -0.2) is 26.6 Å². The van der Waals surface area contributed by atoms with Gasteiger partial charge >= 0.3 is 41.2 Å². The minimum Gasteiger partial charge on any atom is -0.784 e. The molecule has 0 unspecified atom stereocenters. The van der Waals surface area contributed by atoms with Crippen molar-refractivity contribution in [3.63, 3.8) is 0 Å². The van der Waals surface area contributed by atoms with E-state index < -0.39 is 22.7 Å². The monoisotopic (exact) mass is 364 g/mol. The number of hydrogen-bond acceptors (Lipinski definition) is 6. The van der Waals surface area contributed by atoms with Gasteiger partial charge in [0.25, 0.3) is 0 Å². The standard InChI is InChI=1S/Au.Li.2H2O3S/c;;2*1-4(2)3/h;;2*(H2,1,2,3)/q+3;+1;;/p-4. The largest absolute Gasteiger partial charge is 3.00 e. The third kappa shape index (κ3) is 312. The molecule has 0 amide bonds. The quantitative estimate of drug-likeness (QED) is 0.313. The van der Waals surface area contributed by atoms with Crippen LogP contribution in [0.1, 0.15) is 0 Å². The Labute approximate surface area is 90.1 Å². The molecule has 0 aliphatic rings. The van der Waals surface area contributed by atoms with Crippen LogP contribution in [0.5, 0.6) is 0 Å². The van der Waals surface area contributed by atoms with Gasteiger partial charge in [0.1, 0.15) is 0 Å². The van der Waals surface area contributed by atoms with Crippen molar-refractivity contribution in [3.8, 4) is 0 Å². The van der Waals surface area contributed by atoms with Gasteiger partial charge in [-0.1, -0.05) is 0 Å². The van der Waals surface area contributed by atoms with Gasteiger partial charge in [-0.25, -0.2) is 0 Å². The predicted octanol–water partition coefficient (Wildman–Crippen LogP) is -5.01. The Kier molecular flexibility index (Phi) is 37.9. The van der Waals surface area contributed by atoms with Crippen LogP contribution >= 0.6 is 0 Å². The molecule has 0 saturated heterocycles. The summed E-state index contributed by atoms with van der Waals surface area (Å²) in [4.78, 5) is 0. The average molecular weight is 364 g/mol. The van der Waals surface area contributed by atoms with Gasteiger partial charge in [-0.2, -0.15) is 0 Å². The average Bonchev–Trinajstić information content (AvgIpc) is 1.25. The smallest absolute Gasteiger partial charge is 0.784 e. The molecule has 0 radical (unpaired) electrons. The van der Waals surface area contributed by atoms with Gasteiger partial charge in [-0.3, -0.25) is 8.42 Å². The van der Waals surface area contributed by atoms with E-state index in [4.69, 9.17) is 26.6 Å². The molecule has 10 heteroatoms. The first-order valence-corrected chi connectivity index (χ1v) is 3.00. The molecule has 0 fully saturated rings. The topological polar surface area (TPSA) is 126 Å². The first kappa shape index (κ1) is 22.5. The molecule has 0 aliphatic heterocycles. The van der Waals surface area contributed by atoms with Crippen molar-refractivity contribution in [1.82, 2.24) is 0 Å². The van der Waals surface area contributed by atoms with E-state index in [1.165, 1.54) is 0 Å². The van der Waals surface area contributed by atoms with Gasteiger partial charge in [-0.15, -0.1) is 22.7 Å². The predicted molar refractivity (Wildman–Crippen MR) is 19.4 cm³/mol. The van der Waals surface area contributed by atoms with Crippen LogP contribution in [0.3, 0.4) is 0 Å². The van der Waals surface area contributed by atoms with Crippen molar-refractivity contribution in [2.75, 3.05) is 0 Å². The molecule has 0 rings (SSSR count). The van der Waals surface area contributed by atoms with E-state index in [-0.39, 0.29) is 41.2 Å². The summed E-state index contributed by atoms with van der Waals surface area (Å²) in [5.41, 5.74) is 0. The molecule has 10 heavy (non-hydrogen) atoms. The maximum Gasteiger partial charge on any atom is 3.00 e. The summed E-state index contributed by atoms with van der Waals surface area (Å²) in [6, 6.07) is 0. The maximum absolute atomic E-state index is 8.44. The summed E-state index contributed by atoms with van der Waals surface area (Å²) in [7, 11) is 0. The van der Waals surface area contributed by atoms with E-state index in [0.717, 1.165) is 0 Å². The zero-order valence-electron chi connectivity index (χ0n) is 4.57. The molecule has 0 aliphatic carbocycles. The first-order valence-electron chi connectivity index (χ1n) is 1.00. The molecular weight excluding hydrogens is 364 g/mol. The van der Waals surface area contributed by atoms with Crippen LogP contribution < -0.4 is 18.9 Å². The van der Waals surface area contributed by atoms with E-state index in [1.807, 2.05) is 0 Å². The molecule has 60 valence electrons. The summed E-state index contributed by atoms with van der Waals surface area (Å²) in [5, 5.41) is 0. The molecule has 0 spiro atoms. The molecule has 0 heterocycles. The van der Waals surface area contributed by atoms with Crippen molar-refractivity contribution in [2.24, 2.45) is 0 Å². The second kappa shape index (κ2) is 16.8. The Balaban J connectivity index is -0.0000000300. The Morgan fingerprint density at radius 3 is 0.800 bits per heavy atom. The third-order valence-electron chi connectivity index (χ3n) is 0. The molecule has 0 aromatic heterocycles. The van der Waals surface area contributed by atoms with Crippen molar-refractivity contribution in [1.29, 1.82) is 0 Å². The summed E-state index contributed by atoms with van der Waals surface area (Å²) in [6.45, 7) is 0. The molecule has 0 N–H and O–H groups in total. The van der Waals surface area contributed by atoms with Crippen molar-refractivity contribution >= 4 is 22.7 Å². The van der Waals surface area contributed by atoms with Crippen LogP contribution in [0, 0.1) is 0 Å². The SMILES string of the molecule is O=S([O-])[O-].O=S([O-])[O-].[Au+3].[Li+]. The first-order chi connectivity index (χ1) is 3.46. The maximum atomic E-state index is 8.44. The van der Waals surface area contributed by atoms with Crippen molar-refractivity contribution in [2.45, 2.75) is 0 Å². The fourth-order valence-electron chi connectivity index (χ4n) is 0. The third-order valence-corrected chi connectivity index (χ3v) is 0. The summed E-state index contributed by atoms with van der Waals surface area (Å²) >= 11 is -6.22. The van der Waals surface area contributed by atoms with E-state index in [1.54, 1.807) is 0 Å². The van der Waals surface area contributed by atoms with E-state index in [0.29, 0.717) is 0 Å². The Bertz CT molecular complexity index is 73.7. The van der Waals surface area contributed by atoms with Crippen LogP contribution in [0.25, 0.3) is 0 Å². The fraction of sp³-hybridized carbons (Fsp3) is 0. The molecule has 0 bridgehead atoms. The molecule has 0 atom stereocenters. The van der Waals surface area contributed by atoms with E-state index >= 15 is 0 Å². The van der Waals surface area contributed by atoms with Crippen LogP contribution in [0.15, 0.2) is 0 Å². The Hall–Kier alpha value is 1.48. The summed E-state index contributed by atoms with van der Waals surface area (Å²) in [5.74, 6) is 0. The molecule has 0 aromatic rings. The summed E-state index contributed by atoms with van der Waals surface area (Å²) < 4.78 is 50.7. The van der Waals surface area contributed by atoms with Crippen LogP contribution in [0.4, 0.5) is 0 Å². The van der Waals surface area contributed by atoms with E-state index in [2.05, 4.69) is 0 Å². The number of hydrogen-bond donors (Lipinski definition) is 0. The van der Waals surface area contributed by atoms with Crippen LogP contribution in [-0.2, 0) is 45.1 Å². The van der Waals surface area contributed by atoms with Gasteiger partial charge in [-0.05, 0) is 0 Å². The second-order valence-corrected chi connectivity index (χ2v) is 1.22. The Morgan fingerprint density at radius 2 is 0.800 bits per heavy atom. The number of rotatable bonds is 0. The van der Waals surface area contributed by atoms with Gasteiger partial charge in [0.05, 0.1) is 0 Å². The second-order valence-electron chi connectivity index (χ2n) is 0.408. The zero-order valence-corrected chi connectivity index (χ0v) is 8.37. The summed E-state index contributed by atoms with van der Waals surface area (Å²) in [6.07, 6.45) is 0. The van der Waals surface area contributed by atoms with Crippen molar-refractivity contribution in [3.05, 3.63) is 0 Å². The van der Waals surface area contributed by atoms with Crippen LogP contribution in [0.2, 0.25) is 0 Å². The van der Waals surface area contributed by atoms with Gasteiger partial charge in [0.15, 0.2) is 0 Å². The van der Waals surface area contributed by atoms with Gasteiger partial charge in [0.2, 0.25) is 0 Å². The Morgan fingerprint density at radius 1 is 0.800 bits per heavy atom. The van der Waals surface area contributed by atoms with Gasteiger partial charge < -0.3 is 18.2 Å². The minimum absolute atomic E-state index is 0.